The molecule has 336 valence electrons. The first-order chi connectivity index (χ1) is 31.2. The summed E-state index contributed by atoms with van der Waals surface area (Å²) in [6, 6.07) is 43.8. The first-order valence-corrected chi connectivity index (χ1v) is 24.8. The number of benzene rings is 7. The molecule has 0 fully saturated rings. The second-order valence-electron chi connectivity index (χ2n) is 17.9. The molecule has 1 unspecified atom stereocenters. The van der Waals surface area contributed by atoms with Crippen LogP contribution in [0, 0.1) is 26.7 Å². The molecular formula is C57H62O6P2. The minimum Gasteiger partial charge on any atom is -0.409 e. The summed E-state index contributed by atoms with van der Waals surface area (Å²) in [6.45, 7) is 27.5. The minimum absolute atomic E-state index is 0.198. The molecule has 65 heavy (non-hydrogen) atoms. The second-order valence-corrected chi connectivity index (χ2v) is 19.9. The lowest BCUT2D eigenvalue weighted by Gasteiger charge is -2.25. The van der Waals surface area contributed by atoms with Crippen molar-refractivity contribution in [3.8, 4) is 39.9 Å². The lowest BCUT2D eigenvalue weighted by atomic mass is 9.92. The zero-order chi connectivity index (χ0) is 46.4. The van der Waals surface area contributed by atoms with Gasteiger partial charge >= 0.3 is 17.2 Å². The van der Waals surface area contributed by atoms with Crippen molar-refractivity contribution in [2.75, 3.05) is 0 Å². The van der Waals surface area contributed by atoms with Gasteiger partial charge in [0.25, 0.3) is 0 Å². The average molecular weight is 905 g/mol. The molecule has 7 rings (SSSR count). The Labute approximate surface area is 389 Å². The van der Waals surface area contributed by atoms with Crippen molar-refractivity contribution >= 4 is 38.7 Å². The molecule has 0 amide bonds. The third kappa shape index (κ3) is 11.4. The van der Waals surface area contributed by atoms with Gasteiger partial charge in [0.05, 0.1) is 0 Å². The Morgan fingerprint density at radius 3 is 1.20 bits per heavy atom. The summed E-state index contributed by atoms with van der Waals surface area (Å²) < 4.78 is 41.9. The summed E-state index contributed by atoms with van der Waals surface area (Å²) in [5.74, 6) is 4.69. The molecule has 0 N–H and O–H groups in total. The van der Waals surface area contributed by atoms with Crippen LogP contribution in [0.1, 0.15) is 107 Å². The fourth-order valence-corrected chi connectivity index (χ4v) is 9.94. The Morgan fingerprint density at radius 1 is 0.446 bits per heavy atom. The first kappa shape index (κ1) is 47.2. The molecule has 0 heterocycles. The third-order valence-electron chi connectivity index (χ3n) is 11.1. The maximum Gasteiger partial charge on any atom is 0.530 e. The maximum atomic E-state index is 7.24. The normalized spacial score (nSPS) is 12.4. The molecule has 0 bridgehead atoms. The van der Waals surface area contributed by atoms with Crippen LogP contribution in [-0.4, -0.2) is 0 Å². The van der Waals surface area contributed by atoms with Crippen LogP contribution in [0.5, 0.6) is 28.7 Å². The van der Waals surface area contributed by atoms with Crippen LogP contribution in [0.3, 0.4) is 0 Å². The Morgan fingerprint density at radius 2 is 0.815 bits per heavy atom. The van der Waals surface area contributed by atoms with Gasteiger partial charge in [0.1, 0.15) is 34.5 Å². The molecule has 0 aromatic heterocycles. The Balaban J connectivity index is 1.44. The van der Waals surface area contributed by atoms with Crippen molar-refractivity contribution in [1.82, 2.24) is 0 Å². The Hall–Kier alpha value is -5.80. The van der Waals surface area contributed by atoms with Gasteiger partial charge in [-0.05, 0) is 142 Å². The molecule has 0 aliphatic rings. The van der Waals surface area contributed by atoms with Crippen LogP contribution in [-0.2, 0) is 4.52 Å². The zero-order valence-electron chi connectivity index (χ0n) is 39.6. The molecule has 0 saturated heterocycles. The van der Waals surface area contributed by atoms with Crippen LogP contribution >= 0.6 is 17.2 Å². The van der Waals surface area contributed by atoms with Gasteiger partial charge in [-0.2, -0.15) is 0 Å². The molecule has 0 aliphatic carbocycles. The summed E-state index contributed by atoms with van der Waals surface area (Å²) in [4.78, 5) is 0. The SMILES string of the molecule is C=C/C(=C/C(C)C)OP(Oc1cc(C)ccc1C(C)C)Oc1ccc2ccccc2c1-c1c(OP(Oc2cc(C)ccc2C(C)C)Oc2cc(C)ccc2C(C)C)ccc2ccccc12. The number of allylic oxidation sites excluding steroid dienone is 2. The van der Waals surface area contributed by atoms with E-state index in [0.29, 0.717) is 23.0 Å². The highest BCUT2D eigenvalue weighted by Crippen LogP contribution is 2.55. The van der Waals surface area contributed by atoms with Gasteiger partial charge in [0.15, 0.2) is 0 Å². The average Bonchev–Trinajstić information content (AvgIpc) is 3.25. The Kier molecular flexibility index (Phi) is 15.2. The van der Waals surface area contributed by atoms with E-state index in [0.717, 1.165) is 77.6 Å². The van der Waals surface area contributed by atoms with Crippen molar-refractivity contribution < 1.29 is 27.1 Å². The zero-order valence-corrected chi connectivity index (χ0v) is 41.4. The monoisotopic (exact) mass is 904 g/mol. The number of aryl methyl sites for hydroxylation is 3. The number of rotatable bonds is 18. The highest BCUT2D eigenvalue weighted by molar-refractivity contribution is 7.43. The smallest absolute Gasteiger partial charge is 0.409 e. The standard InChI is InChI=1S/C57H62O6P2/c1-13-45(32-36(2)3)58-64(61-53-33-40(10)22-27-46(53)37(4)5)59-51-30-25-43-18-14-16-20-49(43)56(51)57-50-21-17-15-19-44(50)26-31-52(57)60-65(62-54-34-41(11)23-28-47(54)38(6)7)63-55-35-42(12)24-29-48(55)39(8)9/h13-39H,1H2,2-12H3/b45-32-. The van der Waals surface area contributed by atoms with Crippen LogP contribution < -0.4 is 22.6 Å². The van der Waals surface area contributed by atoms with Gasteiger partial charge in [0, 0.05) is 11.1 Å². The van der Waals surface area contributed by atoms with Crippen LogP contribution in [0.2, 0.25) is 0 Å². The highest BCUT2D eigenvalue weighted by atomic mass is 31.2. The van der Waals surface area contributed by atoms with E-state index in [1.807, 2.05) is 24.3 Å². The second kappa shape index (κ2) is 21.0. The predicted molar refractivity (Wildman–Crippen MR) is 274 cm³/mol. The van der Waals surface area contributed by atoms with E-state index in [4.69, 9.17) is 27.1 Å². The van der Waals surface area contributed by atoms with Crippen LogP contribution in [0.15, 0.2) is 152 Å². The predicted octanol–water partition coefficient (Wildman–Crippen LogP) is 18.1. The quantitative estimate of drug-likeness (QED) is 0.0486. The molecule has 1 atom stereocenters. The molecule has 0 saturated carbocycles. The number of hydrogen-bond donors (Lipinski definition) is 0. The fraction of sp³-hybridized carbons (Fsp3) is 0.263. The van der Waals surface area contributed by atoms with E-state index >= 15 is 0 Å². The van der Waals surface area contributed by atoms with Crippen molar-refractivity contribution in [1.29, 1.82) is 0 Å². The van der Waals surface area contributed by atoms with Gasteiger partial charge in [-0.15, -0.1) is 0 Å². The van der Waals surface area contributed by atoms with E-state index in [1.54, 1.807) is 6.08 Å². The molecule has 8 heteroatoms. The van der Waals surface area contributed by atoms with Crippen molar-refractivity contribution in [3.05, 3.63) is 185 Å². The molecule has 0 aliphatic heterocycles. The molecule has 6 nitrogen and oxygen atoms in total. The molecule has 0 radical (unpaired) electrons. The molecular weight excluding hydrogens is 843 g/mol. The largest absolute Gasteiger partial charge is 0.530 e. The maximum absolute atomic E-state index is 7.24. The van der Waals surface area contributed by atoms with Crippen molar-refractivity contribution in [2.45, 2.75) is 93.9 Å². The van der Waals surface area contributed by atoms with Gasteiger partial charge in [-0.1, -0.05) is 159 Å². The van der Waals surface area contributed by atoms with Crippen molar-refractivity contribution in [2.24, 2.45) is 5.92 Å². The molecule has 0 spiro atoms. The van der Waals surface area contributed by atoms with E-state index < -0.39 is 17.2 Å². The molecule has 7 aromatic rings. The van der Waals surface area contributed by atoms with Crippen LogP contribution in [0.4, 0.5) is 0 Å². The van der Waals surface area contributed by atoms with Crippen molar-refractivity contribution in [3.63, 3.8) is 0 Å². The van der Waals surface area contributed by atoms with E-state index in [1.165, 1.54) is 0 Å². The van der Waals surface area contributed by atoms with Gasteiger partial charge in [0.2, 0.25) is 0 Å². The summed E-state index contributed by atoms with van der Waals surface area (Å²) in [5, 5.41) is 4.00. The van der Waals surface area contributed by atoms with Gasteiger partial charge in [-0.25, -0.2) is 0 Å². The fourth-order valence-electron chi connectivity index (χ4n) is 7.83. The van der Waals surface area contributed by atoms with E-state index in [-0.39, 0.29) is 23.7 Å². The minimum atomic E-state index is -2.10. The van der Waals surface area contributed by atoms with Gasteiger partial charge in [-0.3, -0.25) is 0 Å². The summed E-state index contributed by atoms with van der Waals surface area (Å²) >= 11 is 0. The number of hydrogen-bond acceptors (Lipinski definition) is 6. The molecule has 7 aromatic carbocycles. The van der Waals surface area contributed by atoms with Gasteiger partial charge < -0.3 is 27.1 Å². The number of fused-ring (bicyclic) bond motifs is 2. The lowest BCUT2D eigenvalue weighted by Crippen LogP contribution is -2.07. The third-order valence-corrected chi connectivity index (χ3v) is 13.2. The van der Waals surface area contributed by atoms with E-state index in [9.17, 15) is 0 Å². The highest BCUT2D eigenvalue weighted by Gasteiger charge is 2.30. The Bertz CT molecular complexity index is 2760. The summed E-state index contributed by atoms with van der Waals surface area (Å²) in [7, 11) is -4.19. The van der Waals surface area contributed by atoms with Crippen LogP contribution in [0.25, 0.3) is 32.7 Å². The lowest BCUT2D eigenvalue weighted by molar-refractivity contribution is 0.336. The summed E-state index contributed by atoms with van der Waals surface area (Å²) in [6.07, 6.45) is 3.73. The van der Waals surface area contributed by atoms with E-state index in [2.05, 4.69) is 192 Å². The first-order valence-electron chi connectivity index (χ1n) is 22.6. The summed E-state index contributed by atoms with van der Waals surface area (Å²) in [5.41, 5.74) is 8.08. The topological polar surface area (TPSA) is 55.4 Å².